The Morgan fingerprint density at radius 3 is 2.32 bits per heavy atom. The van der Waals surface area contributed by atoms with Crippen LogP contribution in [0.4, 0.5) is 13.2 Å². The van der Waals surface area contributed by atoms with Crippen molar-refractivity contribution in [1.82, 2.24) is 9.21 Å². The molecule has 2 heterocycles. The second-order valence-corrected chi connectivity index (χ2v) is 10.7. The van der Waals surface area contributed by atoms with Crippen molar-refractivity contribution in [3.8, 4) is 5.75 Å². The molecule has 2 fully saturated rings. The summed E-state index contributed by atoms with van der Waals surface area (Å²) in [5.74, 6) is -0.826. The molecule has 2 saturated heterocycles. The summed E-state index contributed by atoms with van der Waals surface area (Å²) >= 11 is 0. The molecule has 10 heteroatoms. The molecule has 2 aromatic carbocycles. The molecule has 0 aliphatic carbocycles. The van der Waals surface area contributed by atoms with Gasteiger partial charge in [0.1, 0.15) is 5.75 Å². The molecule has 6 nitrogen and oxygen atoms in total. The average Bonchev–Trinajstić information content (AvgIpc) is 3.28. The van der Waals surface area contributed by atoms with E-state index in [4.69, 9.17) is 0 Å². The number of halogens is 3. The Hall–Kier alpha value is -2.59. The Labute approximate surface area is 197 Å². The fourth-order valence-corrected chi connectivity index (χ4v) is 6.23. The standard InChI is InChI=1S/C24H27F3N2O4S/c1-17-7-9-18(10-8-17)22-6-3-13-29(22)23(30)19-11-14-28(15-12-19)34(31,32)21-5-2-4-20(16-21)33-24(25,26)27/h2,4-5,7-10,16,19,22H,3,6,11-15H2,1H3. The van der Waals surface area contributed by atoms with E-state index in [0.29, 0.717) is 19.4 Å². The Balaban J connectivity index is 1.41. The van der Waals surface area contributed by atoms with E-state index in [1.54, 1.807) is 0 Å². The number of aryl methyl sites for hydroxylation is 1. The molecular weight excluding hydrogens is 469 g/mol. The molecule has 0 spiro atoms. The van der Waals surface area contributed by atoms with Crippen LogP contribution in [-0.4, -0.2) is 49.5 Å². The molecule has 0 radical (unpaired) electrons. The van der Waals surface area contributed by atoms with Gasteiger partial charge in [-0.3, -0.25) is 4.79 Å². The summed E-state index contributed by atoms with van der Waals surface area (Å²) < 4.78 is 68.6. The van der Waals surface area contributed by atoms with Crippen LogP contribution in [0.15, 0.2) is 53.4 Å². The number of carbonyl (C=O) groups is 1. The third kappa shape index (κ3) is 5.38. The topological polar surface area (TPSA) is 66.9 Å². The van der Waals surface area contributed by atoms with E-state index in [1.807, 2.05) is 24.0 Å². The summed E-state index contributed by atoms with van der Waals surface area (Å²) in [4.78, 5) is 14.9. The SMILES string of the molecule is Cc1ccc(C2CCCN2C(=O)C2CCN(S(=O)(=O)c3cccc(OC(F)(F)F)c3)CC2)cc1. The number of likely N-dealkylation sites (tertiary alicyclic amines) is 1. The highest BCUT2D eigenvalue weighted by Gasteiger charge is 2.38. The maximum Gasteiger partial charge on any atom is 0.573 e. The quantitative estimate of drug-likeness (QED) is 0.604. The molecule has 184 valence electrons. The highest BCUT2D eigenvalue weighted by molar-refractivity contribution is 7.89. The van der Waals surface area contributed by atoms with Gasteiger partial charge in [-0.15, -0.1) is 13.2 Å². The summed E-state index contributed by atoms with van der Waals surface area (Å²) in [6.45, 7) is 2.96. The molecule has 1 amide bonds. The van der Waals surface area contributed by atoms with Gasteiger partial charge in [-0.2, -0.15) is 4.31 Å². The molecule has 0 aromatic heterocycles. The van der Waals surface area contributed by atoms with E-state index in [-0.39, 0.29) is 35.9 Å². The highest BCUT2D eigenvalue weighted by atomic mass is 32.2. The maximum absolute atomic E-state index is 13.3. The van der Waals surface area contributed by atoms with Crippen molar-refractivity contribution in [3.05, 3.63) is 59.7 Å². The van der Waals surface area contributed by atoms with Gasteiger partial charge in [-0.1, -0.05) is 35.9 Å². The van der Waals surface area contributed by atoms with Crippen molar-refractivity contribution < 1.29 is 31.1 Å². The molecule has 1 unspecified atom stereocenters. The van der Waals surface area contributed by atoms with Gasteiger partial charge in [0.05, 0.1) is 10.9 Å². The van der Waals surface area contributed by atoms with E-state index in [2.05, 4.69) is 16.9 Å². The van der Waals surface area contributed by atoms with E-state index < -0.39 is 22.1 Å². The van der Waals surface area contributed by atoms with Crippen molar-refractivity contribution in [2.75, 3.05) is 19.6 Å². The van der Waals surface area contributed by atoms with Crippen molar-refractivity contribution in [2.45, 2.75) is 49.9 Å². The van der Waals surface area contributed by atoms with Crippen molar-refractivity contribution >= 4 is 15.9 Å². The summed E-state index contributed by atoms with van der Waals surface area (Å²) in [7, 11) is -4.01. The molecule has 2 aliphatic heterocycles. The first-order chi connectivity index (χ1) is 16.0. The van der Waals surface area contributed by atoms with Gasteiger partial charge < -0.3 is 9.64 Å². The molecule has 0 bridgehead atoms. The number of sulfonamides is 1. The minimum absolute atomic E-state index is 0.0336. The predicted octanol–water partition coefficient (Wildman–Crippen LogP) is 4.66. The van der Waals surface area contributed by atoms with Gasteiger partial charge in [0.2, 0.25) is 15.9 Å². The Morgan fingerprint density at radius 2 is 1.68 bits per heavy atom. The fraction of sp³-hybridized carbons (Fsp3) is 0.458. The van der Waals surface area contributed by atoms with Gasteiger partial charge in [0, 0.05) is 31.6 Å². The molecule has 1 atom stereocenters. The van der Waals surface area contributed by atoms with Gasteiger partial charge in [-0.05, 0) is 50.3 Å². The summed E-state index contributed by atoms with van der Waals surface area (Å²) in [5, 5.41) is 0. The van der Waals surface area contributed by atoms with Gasteiger partial charge in [-0.25, -0.2) is 8.42 Å². The Morgan fingerprint density at radius 1 is 1.00 bits per heavy atom. The number of rotatable bonds is 5. The first-order valence-electron chi connectivity index (χ1n) is 11.3. The largest absolute Gasteiger partial charge is 0.573 e. The number of alkyl halides is 3. The smallest absolute Gasteiger partial charge is 0.406 e. The molecule has 0 saturated carbocycles. The number of ether oxygens (including phenoxy) is 1. The van der Waals surface area contributed by atoms with E-state index in [0.717, 1.165) is 36.1 Å². The number of hydrogen-bond acceptors (Lipinski definition) is 4. The number of benzene rings is 2. The van der Waals surface area contributed by atoms with Gasteiger partial charge in [0.25, 0.3) is 0 Å². The predicted molar refractivity (Wildman–Crippen MR) is 119 cm³/mol. The molecular formula is C24H27F3N2O4S. The second-order valence-electron chi connectivity index (χ2n) is 8.80. The van der Waals surface area contributed by atoms with Crippen LogP contribution in [0.5, 0.6) is 5.75 Å². The minimum atomic E-state index is -4.91. The Kier molecular flexibility index (Phi) is 6.91. The third-order valence-corrected chi connectivity index (χ3v) is 8.37. The summed E-state index contributed by atoms with van der Waals surface area (Å²) in [6, 6.07) is 12.6. The highest BCUT2D eigenvalue weighted by Crippen LogP contribution is 2.35. The fourth-order valence-electron chi connectivity index (χ4n) is 4.72. The number of hydrogen-bond donors (Lipinski definition) is 0. The van der Waals surface area contributed by atoms with Crippen LogP contribution in [-0.2, 0) is 14.8 Å². The molecule has 2 aliphatic rings. The van der Waals surface area contributed by atoms with Gasteiger partial charge >= 0.3 is 6.36 Å². The number of carbonyl (C=O) groups excluding carboxylic acids is 1. The van der Waals surface area contributed by atoms with Crippen LogP contribution in [0.25, 0.3) is 0 Å². The van der Waals surface area contributed by atoms with Crippen molar-refractivity contribution in [2.24, 2.45) is 5.92 Å². The second kappa shape index (κ2) is 9.58. The van der Waals surface area contributed by atoms with Crippen molar-refractivity contribution in [1.29, 1.82) is 0 Å². The lowest BCUT2D eigenvalue weighted by atomic mass is 9.95. The third-order valence-electron chi connectivity index (χ3n) is 6.48. The first kappa shape index (κ1) is 24.5. The van der Waals surface area contributed by atoms with E-state index in [1.165, 1.54) is 16.4 Å². The monoisotopic (exact) mass is 496 g/mol. The zero-order chi connectivity index (χ0) is 24.5. The zero-order valence-corrected chi connectivity index (χ0v) is 19.6. The van der Waals surface area contributed by atoms with Crippen LogP contribution in [0, 0.1) is 12.8 Å². The minimum Gasteiger partial charge on any atom is -0.406 e. The van der Waals surface area contributed by atoms with Crippen LogP contribution in [0.2, 0.25) is 0 Å². The van der Waals surface area contributed by atoms with E-state index >= 15 is 0 Å². The van der Waals surface area contributed by atoms with Crippen LogP contribution in [0.1, 0.15) is 42.9 Å². The van der Waals surface area contributed by atoms with Crippen LogP contribution >= 0.6 is 0 Å². The van der Waals surface area contributed by atoms with Gasteiger partial charge in [0.15, 0.2) is 0 Å². The normalized spacial score (nSPS) is 20.5. The lowest BCUT2D eigenvalue weighted by Crippen LogP contribution is -2.44. The lowest BCUT2D eigenvalue weighted by molar-refractivity contribution is -0.274. The lowest BCUT2D eigenvalue weighted by Gasteiger charge is -2.34. The number of piperidine rings is 1. The number of nitrogens with zero attached hydrogens (tertiary/aromatic N) is 2. The average molecular weight is 497 g/mol. The van der Waals surface area contributed by atoms with E-state index in [9.17, 15) is 26.4 Å². The summed E-state index contributed by atoms with van der Waals surface area (Å²) in [6.07, 6.45) is -2.35. The molecule has 0 N–H and O–H groups in total. The first-order valence-corrected chi connectivity index (χ1v) is 12.7. The van der Waals surface area contributed by atoms with Crippen LogP contribution < -0.4 is 4.74 Å². The molecule has 34 heavy (non-hydrogen) atoms. The zero-order valence-electron chi connectivity index (χ0n) is 18.8. The number of amides is 1. The van der Waals surface area contributed by atoms with Crippen LogP contribution in [0.3, 0.4) is 0 Å². The molecule has 4 rings (SSSR count). The maximum atomic E-state index is 13.3. The van der Waals surface area contributed by atoms with Crippen molar-refractivity contribution in [3.63, 3.8) is 0 Å². The molecule has 2 aromatic rings. The Bertz CT molecular complexity index is 1130. The summed E-state index contributed by atoms with van der Waals surface area (Å²) in [5.41, 5.74) is 2.26.